The Hall–Kier alpha value is 0.359. The predicted molar refractivity (Wildman–Crippen MR) is 180 cm³/mol. The first-order chi connectivity index (χ1) is 20.4. The van der Waals surface area contributed by atoms with E-state index >= 15 is 0 Å². The number of carbonyl (C=O) groups excluding carboxylic acids is 3. The first-order valence-corrected chi connectivity index (χ1v) is 13.8. The van der Waals surface area contributed by atoms with E-state index in [1.807, 2.05) is 0 Å². The van der Waals surface area contributed by atoms with Crippen molar-refractivity contribution in [2.24, 2.45) is 16.2 Å². The smallest absolute Gasteiger partial charge is 1.00 e. The van der Waals surface area contributed by atoms with Crippen molar-refractivity contribution >= 4 is 149 Å². The van der Waals surface area contributed by atoms with Crippen LogP contribution in [0.5, 0.6) is 0 Å². The van der Waals surface area contributed by atoms with Crippen LogP contribution < -0.4 is 16.0 Å². The summed E-state index contributed by atoms with van der Waals surface area (Å²) in [5.41, 5.74) is -2.81. The molecule has 12 N–H and O–H groups in total. The van der Waals surface area contributed by atoms with Crippen LogP contribution in [-0.2, 0) is 28.8 Å². The molecule has 3 unspecified atom stereocenters. The average molecular weight is 784 g/mol. The minimum atomic E-state index is -1.35. The van der Waals surface area contributed by atoms with Crippen molar-refractivity contribution in [3.63, 3.8) is 0 Å². The first kappa shape index (κ1) is 60.4. The number of aliphatic hydroxyl groups excluding tert-OH is 6. The molecule has 0 aliphatic heterocycles. The van der Waals surface area contributed by atoms with Crippen molar-refractivity contribution in [3.05, 3.63) is 0 Å². The Morgan fingerprint density at radius 2 is 0.646 bits per heavy atom. The Labute approximate surface area is 378 Å². The average Bonchev–Trinajstić information content (AvgIpc) is 2.95. The second kappa shape index (κ2) is 30.9. The van der Waals surface area contributed by atoms with E-state index in [9.17, 15) is 44.1 Å². The Morgan fingerprint density at radius 1 is 0.479 bits per heavy atom. The van der Waals surface area contributed by atoms with Gasteiger partial charge in [-0.2, -0.15) is 0 Å². The molecule has 3 amide bonds. The molecular formula is C27H57Ca3N3O15. The Kier molecular flexibility index (Phi) is 39.0. The minimum absolute atomic E-state index is 0. The van der Waals surface area contributed by atoms with Crippen LogP contribution in [0.3, 0.4) is 0 Å². The number of hydrogen-bond donors (Lipinski definition) is 12. The van der Waals surface area contributed by atoms with Crippen LogP contribution in [0.1, 0.15) is 69.4 Å². The van der Waals surface area contributed by atoms with Gasteiger partial charge in [0.2, 0.25) is 17.7 Å². The third-order valence-electron chi connectivity index (χ3n) is 6.10. The third-order valence-corrected chi connectivity index (χ3v) is 6.10. The van der Waals surface area contributed by atoms with E-state index in [0.717, 1.165) is 0 Å². The van der Waals surface area contributed by atoms with E-state index in [1.54, 1.807) is 0 Å². The van der Waals surface area contributed by atoms with Gasteiger partial charge in [0, 0.05) is 35.9 Å². The molecule has 0 radical (unpaired) electrons. The van der Waals surface area contributed by atoms with Gasteiger partial charge in [-0.25, -0.2) is 0 Å². The molecule has 21 heteroatoms. The van der Waals surface area contributed by atoms with Crippen LogP contribution in [-0.4, -0.2) is 253 Å². The van der Waals surface area contributed by atoms with E-state index in [1.165, 1.54) is 41.5 Å². The van der Waals surface area contributed by atoms with Gasteiger partial charge in [0.05, 0.1) is 39.1 Å². The molecule has 0 saturated carbocycles. The van der Waals surface area contributed by atoms with E-state index in [2.05, 4.69) is 16.0 Å². The summed E-state index contributed by atoms with van der Waals surface area (Å²) in [5.74, 6) is -5.08. The fourth-order valence-corrected chi connectivity index (χ4v) is 2.49. The normalized spacial score (nSPS) is 12.5. The van der Waals surface area contributed by atoms with Gasteiger partial charge >= 0.3 is 131 Å². The fraction of sp³-hybridized carbons (Fsp3) is 0.778. The maximum absolute atomic E-state index is 11.3. The number of hydrogen-bond acceptors (Lipinski definition) is 12. The predicted octanol–water partition coefficient (Wildman–Crippen LogP) is -3.60. The number of rotatable bonds is 18. The summed E-state index contributed by atoms with van der Waals surface area (Å²) in [4.78, 5) is 64.2. The summed E-state index contributed by atoms with van der Waals surface area (Å²) in [7, 11) is 0. The second-order valence-corrected chi connectivity index (χ2v) is 12.0. The Balaban J connectivity index is -0.0000000452. The maximum Gasteiger partial charge on any atom is 2.00 e. The zero-order chi connectivity index (χ0) is 36.2. The van der Waals surface area contributed by atoms with Crippen LogP contribution in [0.15, 0.2) is 0 Å². The van der Waals surface area contributed by atoms with Crippen molar-refractivity contribution in [1.82, 2.24) is 16.0 Å². The van der Waals surface area contributed by atoms with Crippen LogP contribution in [0.2, 0.25) is 0 Å². The van der Waals surface area contributed by atoms with Crippen molar-refractivity contribution in [2.75, 3.05) is 39.5 Å². The molecule has 48 heavy (non-hydrogen) atoms. The minimum Gasteiger partial charge on any atom is -1.00 e. The number of aliphatic hydroxyl groups is 6. The molecule has 0 fully saturated rings. The fourth-order valence-electron chi connectivity index (χ4n) is 2.49. The van der Waals surface area contributed by atoms with Gasteiger partial charge in [0.25, 0.3) is 0 Å². The van der Waals surface area contributed by atoms with E-state index in [-0.39, 0.29) is 180 Å². The first-order valence-electron chi connectivity index (χ1n) is 13.8. The van der Waals surface area contributed by atoms with Crippen molar-refractivity contribution in [1.29, 1.82) is 0 Å². The topological polar surface area (TPSA) is 321 Å². The van der Waals surface area contributed by atoms with E-state index < -0.39 is 70.2 Å². The molecule has 0 rings (SSSR count). The van der Waals surface area contributed by atoms with Crippen molar-refractivity contribution in [2.45, 2.75) is 79.1 Å². The standard InChI is InChI=1S/3C9H17NO5.3Ca.6H/c3*1-9(2,5-11)7(14)8(15)10-4-3-6(12)13;;;;;;;;;/h3*7,11,14H,3-5H2,1-2H3,(H,10,15)(H,12,13);;;;;;;;;/q;;;3*+2;6*-1. The summed E-state index contributed by atoms with van der Waals surface area (Å²) in [5, 5.41) is 86.9. The van der Waals surface area contributed by atoms with Crippen LogP contribution in [0, 0.1) is 16.2 Å². The molecule has 0 bridgehead atoms. The zero-order valence-corrected chi connectivity index (χ0v) is 35.3. The van der Waals surface area contributed by atoms with E-state index in [4.69, 9.17) is 30.6 Å². The number of aliphatic carboxylic acids is 3. The van der Waals surface area contributed by atoms with Crippen LogP contribution in [0.4, 0.5) is 0 Å². The monoisotopic (exact) mass is 783 g/mol. The van der Waals surface area contributed by atoms with Crippen molar-refractivity contribution in [3.8, 4) is 0 Å². The molecule has 0 aromatic carbocycles. The molecule has 18 nitrogen and oxygen atoms in total. The summed E-state index contributed by atoms with van der Waals surface area (Å²) < 4.78 is 0. The summed E-state index contributed by atoms with van der Waals surface area (Å²) in [6.07, 6.45) is -4.64. The van der Waals surface area contributed by atoms with Gasteiger partial charge in [-0.1, -0.05) is 41.5 Å². The van der Waals surface area contributed by atoms with Gasteiger partial charge in [0.15, 0.2) is 0 Å². The maximum atomic E-state index is 11.3. The molecule has 0 heterocycles. The number of carboxylic acids is 3. The van der Waals surface area contributed by atoms with Gasteiger partial charge in [0.1, 0.15) is 18.3 Å². The van der Waals surface area contributed by atoms with Gasteiger partial charge in [-0.15, -0.1) is 0 Å². The number of amides is 3. The van der Waals surface area contributed by atoms with Gasteiger partial charge in [-0.05, 0) is 0 Å². The molecule has 0 aliphatic rings. The molecule has 276 valence electrons. The number of carboxylic acid groups (broad SMARTS) is 3. The molecule has 0 saturated heterocycles. The number of nitrogens with one attached hydrogen (secondary N) is 3. The number of carbonyl (C=O) groups is 6. The Bertz CT molecular complexity index is 878. The summed E-state index contributed by atoms with van der Waals surface area (Å²) >= 11 is 0. The van der Waals surface area contributed by atoms with Crippen LogP contribution >= 0.6 is 0 Å². The molecule has 0 spiro atoms. The summed E-state index contributed by atoms with van der Waals surface area (Å²) in [6.45, 7) is 8.11. The van der Waals surface area contributed by atoms with Crippen LogP contribution in [0.25, 0.3) is 0 Å². The van der Waals surface area contributed by atoms with Crippen molar-refractivity contribution < 1.29 is 83.3 Å². The zero-order valence-electron chi connectivity index (χ0n) is 34.7. The molecule has 0 aromatic rings. The third kappa shape index (κ3) is 29.0. The summed E-state index contributed by atoms with van der Waals surface area (Å²) in [6, 6.07) is 0. The largest absolute Gasteiger partial charge is 2.00 e. The second-order valence-electron chi connectivity index (χ2n) is 12.0. The molecule has 0 aromatic heterocycles. The molecule has 3 atom stereocenters. The van der Waals surface area contributed by atoms with Gasteiger partial charge < -0.3 is 70.5 Å². The van der Waals surface area contributed by atoms with Gasteiger partial charge in [-0.3, -0.25) is 28.8 Å². The van der Waals surface area contributed by atoms with E-state index in [0.29, 0.717) is 0 Å². The Morgan fingerprint density at radius 3 is 0.771 bits per heavy atom. The molecule has 0 aliphatic carbocycles. The quantitative estimate of drug-likeness (QED) is 0.0598. The molecular weight excluding hydrogens is 727 g/mol. The SMILES string of the molecule is CC(C)(CO)C(O)C(=O)NCCC(=O)O.CC(C)(CO)C(O)C(=O)NCCC(=O)O.CC(C)(CO)C(O)C(=O)NCCC(=O)O.[Ca+2].[Ca+2].[Ca+2].[H-].[H-].[H-].[H-].[H-].[H-].